The van der Waals surface area contributed by atoms with Gasteiger partial charge in [0.25, 0.3) is 0 Å². The van der Waals surface area contributed by atoms with Gasteiger partial charge in [-0.15, -0.1) is 0 Å². The Morgan fingerprint density at radius 2 is 1.87 bits per heavy atom. The second kappa shape index (κ2) is 8.29. The third-order valence-corrected chi connectivity index (χ3v) is 6.03. The normalized spacial score (nSPS) is 12.6. The zero-order valence-electron chi connectivity index (χ0n) is 13.2. The first-order chi connectivity index (χ1) is 10.6. The third-order valence-electron chi connectivity index (χ3n) is 3.01. The van der Waals surface area contributed by atoms with Gasteiger partial charge < -0.3 is 4.74 Å². The van der Waals surface area contributed by atoms with Crippen molar-refractivity contribution in [3.05, 3.63) is 23.2 Å². The van der Waals surface area contributed by atoms with Crippen LogP contribution in [0, 0.1) is 0 Å². The van der Waals surface area contributed by atoms with E-state index in [1.165, 1.54) is 29.6 Å². The molecule has 0 bridgehead atoms. The molecule has 1 N–H and O–H groups in total. The minimum Gasteiger partial charge on any atom is -0.495 e. The third kappa shape index (κ3) is 5.92. The predicted octanol–water partition coefficient (Wildman–Crippen LogP) is 1.30. The van der Waals surface area contributed by atoms with Crippen molar-refractivity contribution in [1.82, 2.24) is 9.03 Å². The van der Waals surface area contributed by atoms with E-state index >= 15 is 0 Å². The van der Waals surface area contributed by atoms with Crippen molar-refractivity contribution in [3.8, 4) is 5.75 Å². The van der Waals surface area contributed by atoms with Gasteiger partial charge in [0.2, 0.25) is 20.0 Å². The standard InChI is InChI=1S/C13H21ClN2O5S2/c1-4-8-16(22(3,17)18)9-7-15-23(19,20)13-10-11(14)5-6-12(13)21-2/h5-6,10,15H,4,7-9H2,1-3H3. The molecule has 1 aromatic carbocycles. The van der Waals surface area contributed by atoms with Crippen LogP contribution in [0.5, 0.6) is 5.75 Å². The molecule has 0 amide bonds. The van der Waals surface area contributed by atoms with E-state index in [-0.39, 0.29) is 28.8 Å². The molecule has 23 heavy (non-hydrogen) atoms. The van der Waals surface area contributed by atoms with E-state index in [9.17, 15) is 16.8 Å². The van der Waals surface area contributed by atoms with Gasteiger partial charge in [0.15, 0.2) is 0 Å². The van der Waals surface area contributed by atoms with Gasteiger partial charge in [-0.05, 0) is 24.6 Å². The smallest absolute Gasteiger partial charge is 0.244 e. The molecule has 10 heteroatoms. The lowest BCUT2D eigenvalue weighted by Gasteiger charge is -2.19. The average molecular weight is 385 g/mol. The number of hydrogen-bond donors (Lipinski definition) is 1. The van der Waals surface area contributed by atoms with Crippen LogP contribution < -0.4 is 9.46 Å². The van der Waals surface area contributed by atoms with Gasteiger partial charge in [-0.2, -0.15) is 0 Å². The summed E-state index contributed by atoms with van der Waals surface area (Å²) in [6.07, 6.45) is 1.74. The average Bonchev–Trinajstić information content (AvgIpc) is 2.45. The van der Waals surface area contributed by atoms with Gasteiger partial charge in [-0.1, -0.05) is 18.5 Å². The Balaban J connectivity index is 2.86. The van der Waals surface area contributed by atoms with Crippen molar-refractivity contribution < 1.29 is 21.6 Å². The summed E-state index contributed by atoms with van der Waals surface area (Å²) in [5, 5.41) is 0.259. The Bertz CT molecular complexity index is 735. The number of hydrogen-bond acceptors (Lipinski definition) is 5. The Kier molecular flexibility index (Phi) is 7.28. The van der Waals surface area contributed by atoms with E-state index in [1.807, 2.05) is 6.92 Å². The van der Waals surface area contributed by atoms with Crippen LogP contribution in [0.1, 0.15) is 13.3 Å². The Morgan fingerprint density at radius 1 is 1.22 bits per heavy atom. The van der Waals surface area contributed by atoms with Crippen LogP contribution in [-0.4, -0.2) is 54.1 Å². The lowest BCUT2D eigenvalue weighted by atomic mass is 10.3. The molecule has 0 aliphatic carbocycles. The molecule has 0 radical (unpaired) electrons. The minimum atomic E-state index is -3.86. The van der Waals surface area contributed by atoms with Crippen LogP contribution >= 0.6 is 11.6 Å². The summed E-state index contributed by atoms with van der Waals surface area (Å²) in [4.78, 5) is -0.0890. The van der Waals surface area contributed by atoms with E-state index in [0.717, 1.165) is 6.26 Å². The molecule has 1 aromatic rings. The van der Waals surface area contributed by atoms with E-state index in [1.54, 1.807) is 0 Å². The molecule has 0 heterocycles. The topological polar surface area (TPSA) is 92.8 Å². The van der Waals surface area contributed by atoms with Crippen molar-refractivity contribution in [2.75, 3.05) is 33.0 Å². The first kappa shape index (κ1) is 20.2. The number of ether oxygens (including phenoxy) is 1. The Hall–Kier alpha value is -0.870. The molecule has 0 aliphatic rings. The van der Waals surface area contributed by atoms with Gasteiger partial charge >= 0.3 is 0 Å². The molecule has 1 rings (SSSR count). The molecule has 0 unspecified atom stereocenters. The summed E-state index contributed by atoms with van der Waals surface area (Å²) in [6, 6.07) is 4.26. The molecule has 0 saturated carbocycles. The molecule has 0 atom stereocenters. The van der Waals surface area contributed by atoms with Crippen LogP contribution in [0.2, 0.25) is 5.02 Å². The van der Waals surface area contributed by atoms with Crippen LogP contribution in [0.15, 0.2) is 23.1 Å². The van der Waals surface area contributed by atoms with Crippen LogP contribution in [0.3, 0.4) is 0 Å². The van der Waals surface area contributed by atoms with Crippen LogP contribution in [0.4, 0.5) is 0 Å². The second-order valence-corrected chi connectivity index (χ2v) is 9.01. The highest BCUT2D eigenvalue weighted by molar-refractivity contribution is 7.89. The zero-order valence-corrected chi connectivity index (χ0v) is 15.6. The second-order valence-electron chi connectivity index (χ2n) is 4.85. The number of nitrogens with one attached hydrogen (secondary N) is 1. The van der Waals surface area contributed by atoms with E-state index < -0.39 is 20.0 Å². The fraction of sp³-hybridized carbons (Fsp3) is 0.538. The van der Waals surface area contributed by atoms with Crippen molar-refractivity contribution >= 4 is 31.6 Å². The summed E-state index contributed by atoms with van der Waals surface area (Å²) in [6.45, 7) is 2.18. The van der Waals surface area contributed by atoms with E-state index in [0.29, 0.717) is 13.0 Å². The first-order valence-electron chi connectivity index (χ1n) is 6.90. The zero-order chi connectivity index (χ0) is 17.7. The van der Waals surface area contributed by atoms with Crippen molar-refractivity contribution in [1.29, 1.82) is 0 Å². The number of benzene rings is 1. The lowest BCUT2D eigenvalue weighted by molar-refractivity contribution is 0.401. The highest BCUT2D eigenvalue weighted by Gasteiger charge is 2.21. The first-order valence-corrected chi connectivity index (χ1v) is 10.6. The molecule has 0 aliphatic heterocycles. The number of methoxy groups -OCH3 is 1. The molecular weight excluding hydrogens is 364 g/mol. The van der Waals surface area contributed by atoms with E-state index in [2.05, 4.69) is 4.72 Å². The van der Waals surface area contributed by atoms with Crippen LogP contribution in [-0.2, 0) is 20.0 Å². The number of nitrogens with zero attached hydrogens (tertiary/aromatic N) is 1. The number of sulfonamides is 2. The molecule has 132 valence electrons. The van der Waals surface area contributed by atoms with Crippen LogP contribution in [0.25, 0.3) is 0 Å². The quantitative estimate of drug-likeness (QED) is 0.692. The summed E-state index contributed by atoms with van der Waals surface area (Å²) in [5.41, 5.74) is 0. The maximum Gasteiger partial charge on any atom is 0.244 e. The molecule has 0 saturated heterocycles. The summed E-state index contributed by atoms with van der Waals surface area (Å²) < 4.78 is 56.5. The predicted molar refractivity (Wildman–Crippen MR) is 89.9 cm³/mol. The monoisotopic (exact) mass is 384 g/mol. The fourth-order valence-electron chi connectivity index (χ4n) is 1.94. The summed E-state index contributed by atoms with van der Waals surface area (Å²) >= 11 is 5.83. The summed E-state index contributed by atoms with van der Waals surface area (Å²) in [7, 11) is -5.88. The Labute approximate surface area is 142 Å². The Morgan fingerprint density at radius 3 is 2.39 bits per heavy atom. The molecule has 7 nitrogen and oxygen atoms in total. The van der Waals surface area contributed by atoms with Gasteiger partial charge in [-0.3, -0.25) is 0 Å². The van der Waals surface area contributed by atoms with Gasteiger partial charge in [-0.25, -0.2) is 25.9 Å². The van der Waals surface area contributed by atoms with E-state index in [4.69, 9.17) is 16.3 Å². The minimum absolute atomic E-state index is 0.0504. The van der Waals surface area contributed by atoms with Crippen molar-refractivity contribution in [2.45, 2.75) is 18.2 Å². The maximum absolute atomic E-state index is 12.3. The lowest BCUT2D eigenvalue weighted by Crippen LogP contribution is -2.38. The molecule has 0 aromatic heterocycles. The maximum atomic E-state index is 12.3. The van der Waals surface area contributed by atoms with Gasteiger partial charge in [0.1, 0.15) is 10.6 Å². The summed E-state index contributed by atoms with van der Waals surface area (Å²) in [5.74, 6) is 0.162. The highest BCUT2D eigenvalue weighted by Crippen LogP contribution is 2.26. The SMILES string of the molecule is CCCN(CCNS(=O)(=O)c1cc(Cl)ccc1OC)S(C)(=O)=O. The largest absolute Gasteiger partial charge is 0.495 e. The van der Waals surface area contributed by atoms with Gasteiger partial charge in [0, 0.05) is 24.7 Å². The number of halogens is 1. The molecular formula is C13H21ClN2O5S2. The highest BCUT2D eigenvalue weighted by atomic mass is 35.5. The fourth-order valence-corrected chi connectivity index (χ4v) is 4.32. The molecule has 0 spiro atoms. The van der Waals surface area contributed by atoms with Crippen molar-refractivity contribution in [3.63, 3.8) is 0 Å². The van der Waals surface area contributed by atoms with Crippen molar-refractivity contribution in [2.24, 2.45) is 0 Å². The molecule has 0 fully saturated rings. The number of rotatable bonds is 9. The van der Waals surface area contributed by atoms with Gasteiger partial charge in [0.05, 0.1) is 13.4 Å².